The van der Waals surface area contributed by atoms with Crippen LogP contribution in [0, 0.1) is 0 Å². The van der Waals surface area contributed by atoms with Gasteiger partial charge in [-0.25, -0.2) is 4.79 Å². The number of nitrogens with one attached hydrogen (secondary N) is 1. The molecule has 0 saturated carbocycles. The maximum absolute atomic E-state index is 11.5. The molecular weight excluding hydrogens is 240 g/mol. The Kier molecular flexibility index (Phi) is 4.29. The molecule has 1 N–H and O–H groups in total. The van der Waals surface area contributed by atoms with Gasteiger partial charge >= 0.3 is 6.09 Å². The molecule has 96 valence electrons. The number of nitrogens with zero attached hydrogens (tertiary/aromatic N) is 1. The molecule has 0 saturated heterocycles. The van der Waals surface area contributed by atoms with Gasteiger partial charge in [0.2, 0.25) is 0 Å². The van der Waals surface area contributed by atoms with E-state index in [0.717, 1.165) is 5.56 Å². The maximum Gasteiger partial charge on any atom is 0.437 e. The van der Waals surface area contributed by atoms with E-state index in [1.807, 2.05) is 48.5 Å². The summed E-state index contributed by atoms with van der Waals surface area (Å²) < 4.78 is 0. The largest absolute Gasteiger partial charge is 0.437 e. The van der Waals surface area contributed by atoms with Crippen molar-refractivity contribution in [2.24, 2.45) is 5.16 Å². The number of hydrogen-bond acceptors (Lipinski definition) is 3. The molecule has 4 nitrogen and oxygen atoms in total. The zero-order valence-corrected chi connectivity index (χ0v) is 10.5. The van der Waals surface area contributed by atoms with Crippen molar-refractivity contribution in [3.8, 4) is 0 Å². The molecule has 2 rings (SSSR count). The lowest BCUT2D eigenvalue weighted by Crippen LogP contribution is -2.11. The van der Waals surface area contributed by atoms with E-state index in [1.165, 1.54) is 0 Å². The first-order valence-corrected chi connectivity index (χ1v) is 5.89. The average molecular weight is 254 g/mol. The molecule has 0 fully saturated rings. The van der Waals surface area contributed by atoms with Gasteiger partial charge in [0.15, 0.2) is 0 Å². The van der Waals surface area contributed by atoms with Crippen LogP contribution in [0.1, 0.15) is 12.5 Å². The van der Waals surface area contributed by atoms with Crippen molar-refractivity contribution in [3.63, 3.8) is 0 Å². The highest BCUT2D eigenvalue weighted by molar-refractivity contribution is 5.98. The predicted molar refractivity (Wildman–Crippen MR) is 75.2 cm³/mol. The van der Waals surface area contributed by atoms with E-state index in [4.69, 9.17) is 4.84 Å². The van der Waals surface area contributed by atoms with Crippen molar-refractivity contribution in [1.29, 1.82) is 0 Å². The van der Waals surface area contributed by atoms with Gasteiger partial charge in [0.05, 0.1) is 5.71 Å². The van der Waals surface area contributed by atoms with Gasteiger partial charge in [-0.05, 0) is 24.6 Å². The van der Waals surface area contributed by atoms with E-state index in [9.17, 15) is 4.79 Å². The monoisotopic (exact) mass is 254 g/mol. The Hall–Kier alpha value is -2.62. The second-order valence-electron chi connectivity index (χ2n) is 3.91. The second kappa shape index (κ2) is 6.35. The van der Waals surface area contributed by atoms with Crippen LogP contribution < -0.4 is 5.32 Å². The van der Waals surface area contributed by atoms with Crippen LogP contribution in [0.15, 0.2) is 65.8 Å². The molecule has 0 aliphatic heterocycles. The van der Waals surface area contributed by atoms with Crippen molar-refractivity contribution < 1.29 is 9.63 Å². The lowest BCUT2D eigenvalue weighted by atomic mass is 10.1. The molecule has 2 aromatic carbocycles. The second-order valence-corrected chi connectivity index (χ2v) is 3.91. The summed E-state index contributed by atoms with van der Waals surface area (Å²) in [7, 11) is 0. The summed E-state index contributed by atoms with van der Waals surface area (Å²) in [5.74, 6) is 0. The molecule has 0 unspecified atom stereocenters. The van der Waals surface area contributed by atoms with Crippen LogP contribution in [-0.4, -0.2) is 11.8 Å². The fraction of sp³-hybridized carbons (Fsp3) is 0.0667. The van der Waals surface area contributed by atoms with Crippen LogP contribution in [0.5, 0.6) is 0 Å². The summed E-state index contributed by atoms with van der Waals surface area (Å²) in [4.78, 5) is 16.3. The first kappa shape index (κ1) is 12.8. The fourth-order valence-corrected chi connectivity index (χ4v) is 1.50. The van der Waals surface area contributed by atoms with Crippen LogP contribution in [0.4, 0.5) is 10.5 Å². The van der Waals surface area contributed by atoms with Gasteiger partial charge in [0.25, 0.3) is 0 Å². The highest BCUT2D eigenvalue weighted by Gasteiger charge is 2.03. The Labute approximate surface area is 111 Å². The molecule has 0 aliphatic rings. The third-order valence-corrected chi connectivity index (χ3v) is 2.48. The summed E-state index contributed by atoms with van der Waals surface area (Å²) in [6.07, 6.45) is -0.610. The summed E-state index contributed by atoms with van der Waals surface area (Å²) in [5, 5.41) is 6.38. The van der Waals surface area contributed by atoms with Gasteiger partial charge in [-0.2, -0.15) is 0 Å². The minimum absolute atomic E-state index is 0.610. The predicted octanol–water partition coefficient (Wildman–Crippen LogP) is 3.66. The van der Waals surface area contributed by atoms with E-state index >= 15 is 0 Å². The van der Waals surface area contributed by atoms with Crippen molar-refractivity contribution in [2.45, 2.75) is 6.92 Å². The first-order chi connectivity index (χ1) is 9.25. The molecule has 19 heavy (non-hydrogen) atoms. The third kappa shape index (κ3) is 3.96. The number of oxime groups is 1. The molecular formula is C15H14N2O2. The number of anilines is 1. The van der Waals surface area contributed by atoms with Crippen LogP contribution >= 0.6 is 0 Å². The van der Waals surface area contributed by atoms with Gasteiger partial charge < -0.3 is 0 Å². The number of hydrogen-bond donors (Lipinski definition) is 1. The van der Waals surface area contributed by atoms with Crippen molar-refractivity contribution in [2.75, 3.05) is 5.32 Å². The molecule has 0 heterocycles. The average Bonchev–Trinajstić information content (AvgIpc) is 2.47. The number of para-hydroxylation sites is 1. The van der Waals surface area contributed by atoms with E-state index in [1.54, 1.807) is 19.1 Å². The smallest absolute Gasteiger partial charge is 0.298 e. The van der Waals surface area contributed by atoms with Crippen LogP contribution in [0.2, 0.25) is 0 Å². The lowest BCUT2D eigenvalue weighted by Gasteiger charge is -2.03. The van der Waals surface area contributed by atoms with Gasteiger partial charge in [-0.3, -0.25) is 10.2 Å². The number of carbonyl (C=O) groups is 1. The summed E-state index contributed by atoms with van der Waals surface area (Å²) in [6.45, 7) is 1.78. The molecule has 0 spiro atoms. The van der Waals surface area contributed by atoms with Gasteiger partial charge in [-0.1, -0.05) is 53.7 Å². The zero-order chi connectivity index (χ0) is 13.5. The Balaban J connectivity index is 1.93. The van der Waals surface area contributed by atoms with Crippen LogP contribution in [0.25, 0.3) is 0 Å². The Morgan fingerprint density at radius 2 is 1.58 bits per heavy atom. The van der Waals surface area contributed by atoms with Crippen LogP contribution in [0.3, 0.4) is 0 Å². The van der Waals surface area contributed by atoms with E-state index in [0.29, 0.717) is 11.4 Å². The highest BCUT2D eigenvalue weighted by Crippen LogP contribution is 2.06. The summed E-state index contributed by atoms with van der Waals surface area (Å²) in [6, 6.07) is 18.6. The highest BCUT2D eigenvalue weighted by atomic mass is 16.7. The topological polar surface area (TPSA) is 50.7 Å². The summed E-state index contributed by atoms with van der Waals surface area (Å²) >= 11 is 0. The lowest BCUT2D eigenvalue weighted by molar-refractivity contribution is 0.166. The molecule has 0 aliphatic carbocycles. The number of benzene rings is 2. The number of carbonyl (C=O) groups excluding carboxylic acids is 1. The maximum atomic E-state index is 11.5. The van der Waals surface area contributed by atoms with E-state index in [-0.39, 0.29) is 0 Å². The molecule has 0 bridgehead atoms. The van der Waals surface area contributed by atoms with Gasteiger partial charge in [0, 0.05) is 5.69 Å². The first-order valence-electron chi connectivity index (χ1n) is 5.89. The van der Waals surface area contributed by atoms with Gasteiger partial charge in [0.1, 0.15) is 0 Å². The standard InChI is InChI=1S/C15H14N2O2/c1-12(13-8-4-2-5-9-13)17-19-15(18)16-14-10-6-3-7-11-14/h2-11H,1H3,(H,16,18). The molecule has 0 radical (unpaired) electrons. The van der Waals surface area contributed by atoms with Crippen molar-refractivity contribution in [3.05, 3.63) is 66.2 Å². The van der Waals surface area contributed by atoms with E-state index in [2.05, 4.69) is 10.5 Å². The third-order valence-electron chi connectivity index (χ3n) is 2.48. The normalized spacial score (nSPS) is 10.9. The SMILES string of the molecule is CC(=NOC(=O)Nc1ccccc1)c1ccccc1. The minimum Gasteiger partial charge on any atom is -0.298 e. The van der Waals surface area contributed by atoms with Crippen molar-refractivity contribution >= 4 is 17.5 Å². The Morgan fingerprint density at radius 3 is 2.21 bits per heavy atom. The molecule has 4 heteroatoms. The zero-order valence-electron chi connectivity index (χ0n) is 10.5. The van der Waals surface area contributed by atoms with Crippen LogP contribution in [-0.2, 0) is 4.84 Å². The Bertz CT molecular complexity index is 565. The Morgan fingerprint density at radius 1 is 1.00 bits per heavy atom. The quantitative estimate of drug-likeness (QED) is 0.516. The van der Waals surface area contributed by atoms with Crippen molar-refractivity contribution in [1.82, 2.24) is 0 Å². The minimum atomic E-state index is -0.610. The van der Waals surface area contributed by atoms with Gasteiger partial charge in [-0.15, -0.1) is 0 Å². The molecule has 0 atom stereocenters. The molecule has 2 aromatic rings. The molecule has 0 aromatic heterocycles. The fourth-order valence-electron chi connectivity index (χ4n) is 1.50. The number of rotatable bonds is 3. The molecule has 1 amide bonds. The number of amides is 1. The summed E-state index contributed by atoms with van der Waals surface area (Å²) in [5.41, 5.74) is 2.22. The van der Waals surface area contributed by atoms with E-state index < -0.39 is 6.09 Å².